The van der Waals surface area contributed by atoms with Crippen molar-refractivity contribution in [3.05, 3.63) is 215 Å². The zero-order valence-corrected chi connectivity index (χ0v) is 53.2. The number of hydrogen-bond acceptors (Lipinski definition) is 11. The van der Waals surface area contributed by atoms with Crippen LogP contribution in [0.5, 0.6) is 5.75 Å². The van der Waals surface area contributed by atoms with Crippen molar-refractivity contribution in [2.75, 3.05) is 51.8 Å². The number of morpholine rings is 1. The molecule has 2 fully saturated rings. The van der Waals surface area contributed by atoms with Gasteiger partial charge in [-0.2, -0.15) is 0 Å². The maximum absolute atomic E-state index is 10.2. The predicted molar refractivity (Wildman–Crippen MR) is 353 cm³/mol. The number of pyridine rings is 4. The number of anilines is 1. The molecule has 0 amide bonds. The summed E-state index contributed by atoms with van der Waals surface area (Å²) in [5, 5.41) is 13.2. The quantitative estimate of drug-likeness (QED) is 0.0836. The maximum Gasteiger partial charge on any atom is 0.287 e. The predicted octanol–water partition coefficient (Wildman–Crippen LogP) is 17.5. The van der Waals surface area contributed by atoms with Crippen LogP contribution >= 0.6 is 0 Å². The Morgan fingerprint density at radius 1 is 0.643 bits per heavy atom. The van der Waals surface area contributed by atoms with Gasteiger partial charge in [-0.05, 0) is 128 Å². The molecule has 0 unspecified atom stereocenters. The summed E-state index contributed by atoms with van der Waals surface area (Å²) in [5.74, 6) is 5.18. The molecule has 8 aromatic rings. The molecule has 0 atom stereocenters. The van der Waals surface area contributed by atoms with Crippen LogP contribution in [-0.2, 0) is 36.8 Å². The van der Waals surface area contributed by atoms with Crippen molar-refractivity contribution in [1.82, 2.24) is 34.8 Å². The third kappa shape index (κ3) is 34.3. The number of fused-ring (bicyclic) bond motifs is 1. The molecule has 0 bridgehead atoms. The van der Waals surface area contributed by atoms with E-state index in [4.69, 9.17) is 9.47 Å². The number of imidazole rings is 1. The Bertz CT molecular complexity index is 2600. The van der Waals surface area contributed by atoms with Crippen LogP contribution in [-0.4, -0.2) is 86.2 Å². The van der Waals surface area contributed by atoms with Crippen LogP contribution < -0.4 is 10.1 Å². The van der Waals surface area contributed by atoms with Gasteiger partial charge in [0.2, 0.25) is 0 Å². The van der Waals surface area contributed by atoms with Crippen LogP contribution in [0, 0.1) is 22.0 Å². The van der Waals surface area contributed by atoms with Crippen molar-refractivity contribution in [3.63, 3.8) is 0 Å². The molecule has 3 aromatic carbocycles. The first kappa shape index (κ1) is 72.8. The van der Waals surface area contributed by atoms with Crippen LogP contribution in [0.1, 0.15) is 155 Å². The fraction of sp³-hybridized carbons (Fsp3) is 0.451. The van der Waals surface area contributed by atoms with Gasteiger partial charge in [0.1, 0.15) is 23.6 Å². The lowest BCUT2D eigenvalue weighted by Crippen LogP contribution is -2.38. The molecule has 1 saturated heterocycles. The Morgan fingerprint density at radius 2 is 1.25 bits per heavy atom. The van der Waals surface area contributed by atoms with Crippen molar-refractivity contribution < 1.29 is 14.4 Å². The molecule has 6 heterocycles. The lowest BCUT2D eigenvalue weighted by atomic mass is 9.88. The first-order valence-electron chi connectivity index (χ1n) is 30.8. The summed E-state index contributed by atoms with van der Waals surface area (Å²) in [6, 6.07) is 45.7. The highest BCUT2D eigenvalue weighted by Gasteiger charge is 2.11. The van der Waals surface area contributed by atoms with Crippen LogP contribution in [0.2, 0.25) is 0 Å². The van der Waals surface area contributed by atoms with Gasteiger partial charge in [-0.25, -0.2) is 9.97 Å². The van der Waals surface area contributed by atoms with Crippen LogP contribution in [0.3, 0.4) is 0 Å². The average molecular weight is 1150 g/mol. The van der Waals surface area contributed by atoms with E-state index in [0.717, 1.165) is 111 Å². The standard InChI is InChI=1S/C9H10N2.C9H12O.C9H12.C8H17NO.C8H16.C7H9N3O2.3C7H9N/c1-2-9-10-7-5-3-4-6-8(7)11-9;1-3-8-4-6-9(10-2)7-5-8;1-8(2)9-6-4-3-5-7-9;1-8(2)7-9-3-5-10-6-4-9;1-2-8-6-4-3-5-7-8;1-2-8-7-4-3-6(5-9-7)10(11)12;1-2-7-4-3-5-8-6-7;2*1-2-7-5-3-4-6-8-7/h3-6H,2H2,1H3,(H,10,11);4-7H,3H2,1-2H3;3-8H,1-2H3;8H,3-7H2,1-2H3;8H,2-7H2,1H3;3-5H,2H2,1H3,(H,8,9);3*3-6H,2H2,1H3. The second-order valence-corrected chi connectivity index (χ2v) is 20.8. The minimum atomic E-state index is -0.470. The number of aromatic nitrogens is 6. The number of nitro groups is 1. The van der Waals surface area contributed by atoms with E-state index in [9.17, 15) is 10.1 Å². The van der Waals surface area contributed by atoms with E-state index in [0.29, 0.717) is 11.7 Å². The first-order valence-corrected chi connectivity index (χ1v) is 30.8. The monoisotopic (exact) mass is 1150 g/mol. The van der Waals surface area contributed by atoms with Crippen molar-refractivity contribution in [2.24, 2.45) is 11.8 Å². The van der Waals surface area contributed by atoms with E-state index in [1.165, 1.54) is 74.0 Å². The van der Waals surface area contributed by atoms with E-state index in [1.54, 1.807) is 19.4 Å². The summed E-state index contributed by atoms with van der Waals surface area (Å²) in [6.07, 6.45) is 22.7. The fourth-order valence-corrected chi connectivity index (χ4v) is 8.37. The minimum absolute atomic E-state index is 0.0108. The summed E-state index contributed by atoms with van der Waals surface area (Å²) in [4.78, 5) is 35.8. The molecule has 1 saturated carbocycles. The Morgan fingerprint density at radius 3 is 1.65 bits per heavy atom. The molecule has 0 spiro atoms. The number of aryl methyl sites for hydroxylation is 5. The van der Waals surface area contributed by atoms with Crippen molar-refractivity contribution in [1.29, 1.82) is 0 Å². The van der Waals surface area contributed by atoms with Crippen molar-refractivity contribution in [3.8, 4) is 5.75 Å². The average Bonchev–Trinajstić information content (AvgIpc) is 4.09. The van der Waals surface area contributed by atoms with Gasteiger partial charge < -0.3 is 19.8 Å². The number of ether oxygens (including phenoxy) is 2. The molecule has 1 aliphatic carbocycles. The highest BCUT2D eigenvalue weighted by Crippen LogP contribution is 2.25. The number of para-hydroxylation sites is 2. The van der Waals surface area contributed by atoms with Gasteiger partial charge in [0, 0.05) is 74.8 Å². The van der Waals surface area contributed by atoms with E-state index in [2.05, 4.69) is 152 Å². The van der Waals surface area contributed by atoms with E-state index >= 15 is 0 Å². The number of nitrogens with zero attached hydrogens (tertiary/aromatic N) is 7. The van der Waals surface area contributed by atoms with Gasteiger partial charge in [-0.3, -0.25) is 30.0 Å². The molecule has 456 valence electrons. The molecule has 2 N–H and O–H groups in total. The van der Waals surface area contributed by atoms with Gasteiger partial charge in [0.15, 0.2) is 0 Å². The second kappa shape index (κ2) is 47.1. The van der Waals surface area contributed by atoms with E-state index in [-0.39, 0.29) is 5.69 Å². The molecule has 13 nitrogen and oxygen atoms in total. The zero-order chi connectivity index (χ0) is 61.4. The third-order valence-electron chi connectivity index (χ3n) is 13.5. The highest BCUT2D eigenvalue weighted by atomic mass is 16.6. The Hall–Kier alpha value is -7.35. The summed E-state index contributed by atoms with van der Waals surface area (Å²) in [5.41, 5.74) is 8.58. The maximum atomic E-state index is 10.2. The number of hydrogen-bond donors (Lipinski definition) is 2. The summed E-state index contributed by atoms with van der Waals surface area (Å²) >= 11 is 0. The number of methoxy groups -OCH3 is 1. The van der Waals surface area contributed by atoms with Crippen molar-refractivity contribution in [2.45, 2.75) is 153 Å². The zero-order valence-electron chi connectivity index (χ0n) is 53.2. The summed E-state index contributed by atoms with van der Waals surface area (Å²) in [6.45, 7) is 29.8. The Labute approximate surface area is 506 Å². The van der Waals surface area contributed by atoms with Crippen LogP contribution in [0.25, 0.3) is 11.0 Å². The lowest BCUT2D eigenvalue weighted by molar-refractivity contribution is -0.385. The molecule has 5 aromatic heterocycles. The van der Waals surface area contributed by atoms with E-state index < -0.39 is 4.92 Å². The molecule has 2 aliphatic rings. The van der Waals surface area contributed by atoms with E-state index in [1.807, 2.05) is 110 Å². The number of aromatic amines is 1. The van der Waals surface area contributed by atoms with Crippen LogP contribution in [0.4, 0.5) is 11.5 Å². The molecule has 84 heavy (non-hydrogen) atoms. The van der Waals surface area contributed by atoms with Gasteiger partial charge >= 0.3 is 0 Å². The first-order chi connectivity index (χ1) is 40.8. The largest absolute Gasteiger partial charge is 0.497 e. The number of H-pyrrole nitrogens is 1. The van der Waals surface area contributed by atoms with Gasteiger partial charge in [-0.15, -0.1) is 0 Å². The van der Waals surface area contributed by atoms with Crippen molar-refractivity contribution >= 4 is 22.5 Å². The number of benzene rings is 3. The molecule has 10 rings (SSSR count). The minimum Gasteiger partial charge on any atom is -0.497 e. The molecule has 1 aliphatic heterocycles. The van der Waals surface area contributed by atoms with Gasteiger partial charge in [0.05, 0.1) is 36.3 Å². The molecule has 0 radical (unpaired) electrons. The number of rotatable bonds is 13. The summed E-state index contributed by atoms with van der Waals surface area (Å²) < 4.78 is 10.3. The van der Waals surface area contributed by atoms with Gasteiger partial charge in [-0.1, -0.05) is 181 Å². The van der Waals surface area contributed by atoms with Gasteiger partial charge in [0.25, 0.3) is 5.69 Å². The highest BCUT2D eigenvalue weighted by molar-refractivity contribution is 5.74. The molecular weight excluding hydrogens is 1040 g/mol. The molecule has 13 heteroatoms. The summed E-state index contributed by atoms with van der Waals surface area (Å²) in [7, 11) is 1.68. The SMILES string of the molecule is CC(C)CN1CCOCC1.CC(C)c1ccccc1.CCC1CCCCC1.CCNc1ccc([N+](=O)[O-])cn1.CCc1ccc(OC)cc1.CCc1ccccn1.CCc1ccccn1.CCc1cccnc1.CCc1nc2ccccc2[nH]1. The fourth-order valence-electron chi connectivity index (χ4n) is 8.37. The topological polar surface area (TPSA) is 157 Å². The smallest absolute Gasteiger partial charge is 0.287 e. The lowest BCUT2D eigenvalue weighted by Gasteiger charge is -2.27. The Kier molecular flexibility index (Phi) is 40.8. The number of nitrogens with one attached hydrogen (secondary N) is 2. The second-order valence-electron chi connectivity index (χ2n) is 20.8. The Balaban J connectivity index is 0.000000324. The third-order valence-corrected chi connectivity index (χ3v) is 13.5. The normalized spacial score (nSPS) is 12.4. The molecular formula is C71H103N9O4. The van der Waals surface area contributed by atoms with Crippen LogP contribution in [0.15, 0.2) is 171 Å².